The second-order valence-corrected chi connectivity index (χ2v) is 9.88. The minimum Gasteiger partial charge on any atom is -0.491 e. The normalized spacial score (nSPS) is 12.5. The lowest BCUT2D eigenvalue weighted by molar-refractivity contribution is -0.140. The van der Waals surface area contributed by atoms with Crippen LogP contribution in [0.4, 0.5) is 13.2 Å². The second-order valence-electron chi connectivity index (χ2n) is 7.74. The van der Waals surface area contributed by atoms with Crippen molar-refractivity contribution in [2.45, 2.75) is 38.2 Å². The van der Waals surface area contributed by atoms with E-state index in [1.165, 1.54) is 47.8 Å². The molecular weight excluding hydrogens is 447 g/mol. The Balaban J connectivity index is 2.40. The topological polar surface area (TPSA) is 83.2 Å². The van der Waals surface area contributed by atoms with Crippen LogP contribution in [0.1, 0.15) is 31.0 Å². The molecule has 2 heterocycles. The van der Waals surface area contributed by atoms with Gasteiger partial charge in [0, 0.05) is 37.0 Å². The molecule has 2 aromatic heterocycles. The number of aryl methyl sites for hydroxylation is 2. The summed E-state index contributed by atoms with van der Waals surface area (Å²) < 4.78 is 73.2. The summed E-state index contributed by atoms with van der Waals surface area (Å²) >= 11 is 0. The van der Waals surface area contributed by atoms with Crippen LogP contribution < -0.4 is 10.3 Å². The number of halogens is 3. The smallest absolute Gasteiger partial charge is 0.435 e. The van der Waals surface area contributed by atoms with Gasteiger partial charge in [0.15, 0.2) is 21.3 Å². The molecule has 174 valence electrons. The molecule has 0 saturated carbocycles. The molecule has 0 aliphatic carbocycles. The van der Waals surface area contributed by atoms with Crippen molar-refractivity contribution < 1.29 is 26.3 Å². The van der Waals surface area contributed by atoms with Gasteiger partial charge in [-0.25, -0.2) is 8.42 Å². The van der Waals surface area contributed by atoms with Crippen LogP contribution in [-0.4, -0.2) is 36.1 Å². The Morgan fingerprint density at radius 3 is 2.41 bits per heavy atom. The molecule has 3 aromatic rings. The van der Waals surface area contributed by atoms with E-state index < -0.39 is 27.5 Å². The summed E-state index contributed by atoms with van der Waals surface area (Å²) in [4.78, 5) is 12.2. The number of ether oxygens (including phenoxy) is 1. The molecule has 1 aromatic carbocycles. The Labute approximate surface area is 183 Å². The molecule has 0 bridgehead atoms. The third-order valence-corrected chi connectivity index (χ3v) is 5.88. The molecule has 0 N–H and O–H groups in total. The van der Waals surface area contributed by atoms with Crippen molar-refractivity contribution in [1.82, 2.24) is 14.3 Å². The van der Waals surface area contributed by atoms with Crippen LogP contribution in [0.2, 0.25) is 0 Å². The van der Waals surface area contributed by atoms with E-state index >= 15 is 0 Å². The number of hydrogen-bond donors (Lipinski definition) is 0. The number of fused-ring (bicyclic) bond motifs is 1. The van der Waals surface area contributed by atoms with Crippen molar-refractivity contribution in [3.05, 3.63) is 46.0 Å². The predicted molar refractivity (Wildman–Crippen MR) is 115 cm³/mol. The minimum absolute atomic E-state index is 0.00268. The average Bonchev–Trinajstić information content (AvgIpc) is 3.06. The fourth-order valence-corrected chi connectivity index (χ4v) is 4.40. The molecular formula is C21H24F3N3O4S. The fourth-order valence-electron chi connectivity index (χ4n) is 3.61. The summed E-state index contributed by atoms with van der Waals surface area (Å²) in [6.45, 7) is 2.16. The van der Waals surface area contributed by atoms with Gasteiger partial charge in [-0.3, -0.25) is 9.48 Å². The lowest BCUT2D eigenvalue weighted by atomic mass is 10.00. The molecule has 0 atom stereocenters. The van der Waals surface area contributed by atoms with E-state index in [0.717, 1.165) is 12.7 Å². The molecule has 0 unspecified atom stereocenters. The zero-order valence-corrected chi connectivity index (χ0v) is 19.0. The second kappa shape index (κ2) is 8.61. The Morgan fingerprint density at radius 1 is 1.16 bits per heavy atom. The largest absolute Gasteiger partial charge is 0.491 e. The van der Waals surface area contributed by atoms with Gasteiger partial charge in [-0.05, 0) is 35.7 Å². The van der Waals surface area contributed by atoms with Gasteiger partial charge in [0.1, 0.15) is 0 Å². The third-order valence-electron chi connectivity index (χ3n) is 5.05. The van der Waals surface area contributed by atoms with Gasteiger partial charge in [-0.1, -0.05) is 13.3 Å². The van der Waals surface area contributed by atoms with E-state index in [9.17, 15) is 26.4 Å². The van der Waals surface area contributed by atoms with E-state index in [1.807, 2.05) is 6.92 Å². The van der Waals surface area contributed by atoms with Gasteiger partial charge >= 0.3 is 6.18 Å². The number of hydrogen-bond acceptors (Lipinski definition) is 5. The Morgan fingerprint density at radius 2 is 1.84 bits per heavy atom. The lowest BCUT2D eigenvalue weighted by Crippen LogP contribution is -2.17. The molecule has 0 saturated heterocycles. The van der Waals surface area contributed by atoms with Gasteiger partial charge in [-0.2, -0.15) is 18.3 Å². The molecule has 0 amide bonds. The Hall–Kier alpha value is -2.82. The zero-order chi connectivity index (χ0) is 23.8. The van der Waals surface area contributed by atoms with Crippen LogP contribution in [0, 0.1) is 0 Å². The number of benzene rings is 1. The molecule has 0 spiro atoms. The molecule has 3 rings (SSSR count). The average molecular weight is 472 g/mol. The van der Waals surface area contributed by atoms with E-state index in [-0.39, 0.29) is 34.3 Å². The molecule has 11 heteroatoms. The Kier molecular flexibility index (Phi) is 6.41. The van der Waals surface area contributed by atoms with Crippen molar-refractivity contribution in [2.24, 2.45) is 7.05 Å². The zero-order valence-electron chi connectivity index (χ0n) is 18.2. The highest BCUT2D eigenvalue weighted by atomic mass is 32.2. The first kappa shape index (κ1) is 23.8. The summed E-state index contributed by atoms with van der Waals surface area (Å²) in [6.07, 6.45) is -0.906. The fraction of sp³-hybridized carbons (Fsp3) is 0.429. The van der Waals surface area contributed by atoms with Gasteiger partial charge in [-0.15, -0.1) is 0 Å². The third kappa shape index (κ3) is 4.82. The van der Waals surface area contributed by atoms with Crippen LogP contribution in [0.25, 0.3) is 22.0 Å². The first-order chi connectivity index (χ1) is 14.9. The van der Waals surface area contributed by atoms with Crippen molar-refractivity contribution in [3.8, 4) is 16.9 Å². The van der Waals surface area contributed by atoms with E-state index in [2.05, 4.69) is 5.10 Å². The number of methoxy groups -OCH3 is 1. The molecule has 0 radical (unpaired) electrons. The molecule has 32 heavy (non-hydrogen) atoms. The van der Waals surface area contributed by atoms with Gasteiger partial charge in [0.2, 0.25) is 0 Å². The number of rotatable bonds is 7. The molecule has 0 fully saturated rings. The van der Waals surface area contributed by atoms with Crippen LogP contribution in [-0.2, 0) is 35.4 Å². The SMILES string of the molecule is CCCCn1nc(C(F)(F)F)c2c(CS(C)(=O)=O)cc(-c3cc(OC)c(=O)n(C)c3)cc21. The summed E-state index contributed by atoms with van der Waals surface area (Å²) in [5.41, 5.74) is -0.334. The standard InChI is InChI=1S/C21H24F3N3O4S/c1-5-6-7-27-16-9-13(14-10-17(31-3)20(28)26(2)11-14)8-15(12-32(4,29)30)18(16)19(25-27)21(22,23)24/h8-11H,5-7,12H2,1-4H3. The van der Waals surface area contributed by atoms with Gasteiger partial charge in [0.25, 0.3) is 5.56 Å². The Bertz CT molecular complexity index is 1320. The molecule has 0 aliphatic heterocycles. The van der Waals surface area contributed by atoms with E-state index in [0.29, 0.717) is 17.5 Å². The predicted octanol–water partition coefficient (Wildman–Crippen LogP) is 3.77. The first-order valence-corrected chi connectivity index (χ1v) is 11.9. The number of sulfone groups is 1. The maximum atomic E-state index is 13.8. The van der Waals surface area contributed by atoms with Crippen LogP contribution in [0.5, 0.6) is 5.75 Å². The maximum absolute atomic E-state index is 13.8. The summed E-state index contributed by atoms with van der Waals surface area (Å²) in [5, 5.41) is 3.58. The molecule has 7 nitrogen and oxygen atoms in total. The van der Waals surface area contributed by atoms with Gasteiger partial charge < -0.3 is 9.30 Å². The maximum Gasteiger partial charge on any atom is 0.435 e. The number of aromatic nitrogens is 3. The lowest BCUT2D eigenvalue weighted by Gasteiger charge is -2.12. The quantitative estimate of drug-likeness (QED) is 0.524. The summed E-state index contributed by atoms with van der Waals surface area (Å²) in [7, 11) is -0.783. The van der Waals surface area contributed by atoms with E-state index in [1.54, 1.807) is 0 Å². The first-order valence-electron chi connectivity index (χ1n) is 9.89. The number of nitrogens with zero attached hydrogens (tertiary/aromatic N) is 3. The summed E-state index contributed by atoms with van der Waals surface area (Å²) in [5.74, 6) is -0.520. The van der Waals surface area contributed by atoms with Crippen molar-refractivity contribution in [3.63, 3.8) is 0 Å². The highest BCUT2D eigenvalue weighted by Gasteiger charge is 2.38. The molecule has 0 aliphatic rings. The van der Waals surface area contributed by atoms with Crippen molar-refractivity contribution >= 4 is 20.7 Å². The number of unbranched alkanes of at least 4 members (excludes halogenated alkanes) is 1. The van der Waals surface area contributed by atoms with E-state index in [4.69, 9.17) is 4.74 Å². The minimum atomic E-state index is -4.75. The van der Waals surface area contributed by atoms with Crippen molar-refractivity contribution in [1.29, 1.82) is 0 Å². The van der Waals surface area contributed by atoms with Crippen molar-refractivity contribution in [2.75, 3.05) is 13.4 Å². The highest BCUT2D eigenvalue weighted by molar-refractivity contribution is 7.89. The van der Waals surface area contributed by atoms with Crippen LogP contribution >= 0.6 is 0 Å². The van der Waals surface area contributed by atoms with Crippen LogP contribution in [0.3, 0.4) is 0 Å². The van der Waals surface area contributed by atoms with Gasteiger partial charge in [0.05, 0.1) is 18.4 Å². The highest BCUT2D eigenvalue weighted by Crippen LogP contribution is 2.39. The summed E-state index contributed by atoms with van der Waals surface area (Å²) in [6, 6.07) is 4.42. The van der Waals surface area contributed by atoms with Crippen LogP contribution in [0.15, 0.2) is 29.2 Å². The number of alkyl halides is 3. The number of pyridine rings is 1. The monoisotopic (exact) mass is 471 g/mol.